The van der Waals surface area contributed by atoms with E-state index < -0.39 is 23.9 Å². The van der Waals surface area contributed by atoms with Crippen LogP contribution < -0.4 is 15.8 Å². The summed E-state index contributed by atoms with van der Waals surface area (Å²) in [5.41, 5.74) is 4.84. The summed E-state index contributed by atoms with van der Waals surface area (Å²) in [6.45, 7) is 1.70. The summed E-state index contributed by atoms with van der Waals surface area (Å²) in [4.78, 5) is 11.5. The van der Waals surface area contributed by atoms with E-state index in [1.807, 2.05) is 6.92 Å². The van der Waals surface area contributed by atoms with Crippen molar-refractivity contribution in [3.05, 3.63) is 29.8 Å². The number of nitrogens with one attached hydrogen (secondary N) is 1. The van der Waals surface area contributed by atoms with Crippen molar-refractivity contribution >= 4 is 5.91 Å². The zero-order chi connectivity index (χ0) is 17.5. The fourth-order valence-electron chi connectivity index (χ4n) is 1.78. The number of nitrogens with two attached hydrogens (primary N) is 1. The molecule has 0 fully saturated rings. The largest absolute Gasteiger partial charge is 0.491 e. The zero-order valence-electron chi connectivity index (χ0n) is 12.8. The van der Waals surface area contributed by atoms with E-state index in [0.29, 0.717) is 6.42 Å². The Morgan fingerprint density at radius 2 is 1.96 bits per heavy atom. The van der Waals surface area contributed by atoms with Crippen molar-refractivity contribution in [2.24, 2.45) is 5.73 Å². The Kier molecular flexibility index (Phi) is 7.31. The number of hydrogen-bond donors (Lipinski definition) is 3. The standard InChI is InChI=1S/C15H21F3N2O3/c1-2-3-13(19)14(22)20-8-11(21)9-23-12-6-4-10(5-7-12)15(16,17)18/h4-7,11,13,21H,2-3,8-9,19H2,1H3,(H,20,22). The molecular weight excluding hydrogens is 313 g/mol. The van der Waals surface area contributed by atoms with Crippen LogP contribution >= 0.6 is 0 Å². The number of hydrogen-bond acceptors (Lipinski definition) is 4. The molecule has 0 radical (unpaired) electrons. The van der Waals surface area contributed by atoms with Gasteiger partial charge in [-0.1, -0.05) is 13.3 Å². The normalized spacial score (nSPS) is 14.2. The van der Waals surface area contributed by atoms with Gasteiger partial charge < -0.3 is 20.9 Å². The molecule has 23 heavy (non-hydrogen) atoms. The summed E-state index contributed by atoms with van der Waals surface area (Å²) in [7, 11) is 0. The number of amides is 1. The summed E-state index contributed by atoms with van der Waals surface area (Å²) in [5.74, 6) is -0.161. The van der Waals surface area contributed by atoms with Gasteiger partial charge in [0.2, 0.25) is 5.91 Å². The highest BCUT2D eigenvalue weighted by atomic mass is 19.4. The van der Waals surface area contributed by atoms with Crippen LogP contribution in [0.3, 0.4) is 0 Å². The number of alkyl halides is 3. The number of carbonyl (C=O) groups is 1. The predicted molar refractivity (Wildman–Crippen MR) is 78.8 cm³/mol. The first-order chi connectivity index (χ1) is 10.7. The fraction of sp³-hybridized carbons (Fsp3) is 0.533. The van der Waals surface area contributed by atoms with Crippen molar-refractivity contribution in [3.63, 3.8) is 0 Å². The second-order valence-corrected chi connectivity index (χ2v) is 5.13. The van der Waals surface area contributed by atoms with Crippen molar-refractivity contribution in [3.8, 4) is 5.75 Å². The Bertz CT molecular complexity index is 492. The van der Waals surface area contributed by atoms with Gasteiger partial charge in [-0.05, 0) is 30.7 Å². The van der Waals surface area contributed by atoms with Crippen LogP contribution in [0.25, 0.3) is 0 Å². The van der Waals surface area contributed by atoms with Crippen molar-refractivity contribution in [2.45, 2.75) is 38.1 Å². The molecule has 2 unspecified atom stereocenters. The van der Waals surface area contributed by atoms with E-state index in [-0.39, 0.29) is 24.8 Å². The summed E-state index contributed by atoms with van der Waals surface area (Å²) in [6, 6.07) is 3.51. The highest BCUT2D eigenvalue weighted by molar-refractivity contribution is 5.81. The van der Waals surface area contributed by atoms with E-state index in [1.165, 1.54) is 12.1 Å². The van der Waals surface area contributed by atoms with Gasteiger partial charge in [0.1, 0.15) is 18.5 Å². The first-order valence-corrected chi connectivity index (χ1v) is 7.25. The van der Waals surface area contributed by atoms with E-state index >= 15 is 0 Å². The SMILES string of the molecule is CCCC(N)C(=O)NCC(O)COc1ccc(C(F)(F)F)cc1. The van der Waals surface area contributed by atoms with E-state index in [2.05, 4.69) is 5.32 Å². The van der Waals surface area contributed by atoms with Gasteiger partial charge in [0, 0.05) is 6.54 Å². The summed E-state index contributed by atoms with van der Waals surface area (Å²) < 4.78 is 42.4. The molecule has 1 rings (SSSR count). The van der Waals surface area contributed by atoms with Crippen LogP contribution in [0.5, 0.6) is 5.75 Å². The molecule has 4 N–H and O–H groups in total. The number of carbonyl (C=O) groups excluding carboxylic acids is 1. The van der Waals surface area contributed by atoms with Crippen molar-refractivity contribution < 1.29 is 27.8 Å². The molecule has 0 saturated heterocycles. The molecule has 8 heteroatoms. The molecule has 0 aliphatic carbocycles. The Morgan fingerprint density at radius 1 is 1.35 bits per heavy atom. The molecular formula is C15H21F3N2O3. The number of aliphatic hydroxyl groups excluding tert-OH is 1. The first-order valence-electron chi connectivity index (χ1n) is 7.25. The first kappa shape index (κ1) is 19.2. The molecule has 1 aromatic carbocycles. The molecule has 0 heterocycles. The van der Waals surface area contributed by atoms with Gasteiger partial charge in [-0.25, -0.2) is 0 Å². The molecule has 5 nitrogen and oxygen atoms in total. The van der Waals surface area contributed by atoms with E-state index in [0.717, 1.165) is 18.6 Å². The molecule has 130 valence electrons. The number of benzene rings is 1. The van der Waals surface area contributed by atoms with Crippen LogP contribution in [-0.4, -0.2) is 36.3 Å². The van der Waals surface area contributed by atoms with Crippen LogP contribution in [0, 0.1) is 0 Å². The summed E-state index contributed by atoms with van der Waals surface area (Å²) in [6.07, 6.45) is -4.08. The lowest BCUT2D eigenvalue weighted by Gasteiger charge is -2.16. The van der Waals surface area contributed by atoms with Gasteiger partial charge in [-0.15, -0.1) is 0 Å². The molecule has 0 aromatic heterocycles. The van der Waals surface area contributed by atoms with E-state index in [4.69, 9.17) is 10.5 Å². The molecule has 0 aliphatic heterocycles. The maximum Gasteiger partial charge on any atom is 0.416 e. The van der Waals surface area contributed by atoms with Gasteiger partial charge in [-0.3, -0.25) is 4.79 Å². The Labute approximate surface area is 132 Å². The Morgan fingerprint density at radius 3 is 2.48 bits per heavy atom. The van der Waals surface area contributed by atoms with Gasteiger partial charge in [0.05, 0.1) is 11.6 Å². The molecule has 1 amide bonds. The molecule has 2 atom stereocenters. The van der Waals surface area contributed by atoms with Crippen LogP contribution in [0.1, 0.15) is 25.3 Å². The highest BCUT2D eigenvalue weighted by Crippen LogP contribution is 2.30. The Balaban J connectivity index is 2.36. The van der Waals surface area contributed by atoms with Gasteiger partial charge >= 0.3 is 6.18 Å². The maximum absolute atomic E-state index is 12.4. The van der Waals surface area contributed by atoms with Crippen LogP contribution in [-0.2, 0) is 11.0 Å². The second-order valence-electron chi connectivity index (χ2n) is 5.13. The van der Waals surface area contributed by atoms with E-state index in [9.17, 15) is 23.1 Å². The number of ether oxygens (including phenoxy) is 1. The average molecular weight is 334 g/mol. The Hall–Kier alpha value is -1.80. The van der Waals surface area contributed by atoms with Gasteiger partial charge in [0.25, 0.3) is 0 Å². The van der Waals surface area contributed by atoms with Gasteiger partial charge in [-0.2, -0.15) is 13.2 Å². The van der Waals surface area contributed by atoms with Crippen molar-refractivity contribution in [2.75, 3.05) is 13.2 Å². The average Bonchev–Trinajstić information content (AvgIpc) is 2.50. The molecule has 0 aliphatic rings. The molecule has 1 aromatic rings. The lowest BCUT2D eigenvalue weighted by atomic mass is 10.1. The maximum atomic E-state index is 12.4. The third kappa shape index (κ3) is 6.87. The highest BCUT2D eigenvalue weighted by Gasteiger charge is 2.30. The quantitative estimate of drug-likeness (QED) is 0.675. The van der Waals surface area contributed by atoms with Gasteiger partial charge in [0.15, 0.2) is 0 Å². The molecule has 0 bridgehead atoms. The molecule has 0 saturated carbocycles. The van der Waals surface area contributed by atoms with Crippen molar-refractivity contribution in [1.82, 2.24) is 5.32 Å². The minimum Gasteiger partial charge on any atom is -0.491 e. The zero-order valence-corrected chi connectivity index (χ0v) is 12.8. The summed E-state index contributed by atoms with van der Waals surface area (Å²) >= 11 is 0. The van der Waals surface area contributed by atoms with Crippen LogP contribution in [0.4, 0.5) is 13.2 Å². The number of rotatable bonds is 8. The predicted octanol–water partition coefficient (Wildman–Crippen LogP) is 1.69. The lowest BCUT2D eigenvalue weighted by molar-refractivity contribution is -0.137. The number of halogens is 3. The third-order valence-electron chi connectivity index (χ3n) is 3.07. The van der Waals surface area contributed by atoms with E-state index in [1.54, 1.807) is 0 Å². The summed E-state index contributed by atoms with van der Waals surface area (Å²) in [5, 5.41) is 12.2. The number of aliphatic hydroxyl groups is 1. The topological polar surface area (TPSA) is 84.6 Å². The smallest absolute Gasteiger partial charge is 0.416 e. The van der Waals surface area contributed by atoms with Crippen LogP contribution in [0.2, 0.25) is 0 Å². The minimum atomic E-state index is -4.40. The lowest BCUT2D eigenvalue weighted by Crippen LogP contribution is -2.44. The fourth-order valence-corrected chi connectivity index (χ4v) is 1.78. The third-order valence-corrected chi connectivity index (χ3v) is 3.07. The monoisotopic (exact) mass is 334 g/mol. The van der Waals surface area contributed by atoms with Crippen LogP contribution in [0.15, 0.2) is 24.3 Å². The van der Waals surface area contributed by atoms with Crippen molar-refractivity contribution in [1.29, 1.82) is 0 Å². The second kappa shape index (κ2) is 8.73. The minimum absolute atomic E-state index is 0.0448. The molecule has 0 spiro atoms.